The molecular formula is C27H32N2O6. The molecule has 1 saturated heterocycles. The standard InChI is InChI=1S/C27H32N2O6/c1-4-34-27(32)19-10-12-28(13-11-19)25(20-7-5-8-21(16-20)33-3)24-23(30)15-18(2)29(26(24)31)17-22-9-6-14-35-22/h5-9,14-16,19,25,30H,4,10-13,17H2,1-3H3/t25-/m1/s1. The molecule has 8 nitrogen and oxygen atoms in total. The van der Waals surface area contributed by atoms with Gasteiger partial charge in [0.25, 0.3) is 5.56 Å². The first kappa shape index (κ1) is 24.6. The molecule has 186 valence electrons. The Morgan fingerprint density at radius 2 is 1.97 bits per heavy atom. The van der Waals surface area contributed by atoms with Crippen molar-refractivity contribution in [3.05, 3.63) is 81.7 Å². The number of benzene rings is 1. The van der Waals surface area contributed by atoms with Gasteiger partial charge in [-0.05, 0) is 75.7 Å². The van der Waals surface area contributed by atoms with Crippen molar-refractivity contribution in [3.63, 3.8) is 0 Å². The number of ether oxygens (including phenoxy) is 2. The van der Waals surface area contributed by atoms with Crippen molar-refractivity contribution in [2.75, 3.05) is 26.8 Å². The summed E-state index contributed by atoms with van der Waals surface area (Å²) in [7, 11) is 1.60. The van der Waals surface area contributed by atoms with E-state index in [1.807, 2.05) is 30.3 Å². The van der Waals surface area contributed by atoms with Crippen LogP contribution in [0.3, 0.4) is 0 Å². The van der Waals surface area contributed by atoms with Gasteiger partial charge in [0.2, 0.25) is 0 Å². The van der Waals surface area contributed by atoms with E-state index in [-0.39, 0.29) is 29.7 Å². The predicted octanol–water partition coefficient (Wildman–Crippen LogP) is 3.88. The van der Waals surface area contributed by atoms with Gasteiger partial charge >= 0.3 is 5.97 Å². The summed E-state index contributed by atoms with van der Waals surface area (Å²) in [6.45, 7) is 5.38. The van der Waals surface area contributed by atoms with Crippen LogP contribution in [0.25, 0.3) is 0 Å². The summed E-state index contributed by atoms with van der Waals surface area (Å²) in [5, 5.41) is 11.1. The highest BCUT2D eigenvalue weighted by Gasteiger charge is 2.34. The molecule has 1 aliphatic heterocycles. The van der Waals surface area contributed by atoms with Crippen LogP contribution in [0.5, 0.6) is 11.5 Å². The Morgan fingerprint density at radius 1 is 1.20 bits per heavy atom. The molecule has 0 radical (unpaired) electrons. The summed E-state index contributed by atoms with van der Waals surface area (Å²) >= 11 is 0. The van der Waals surface area contributed by atoms with E-state index >= 15 is 0 Å². The lowest BCUT2D eigenvalue weighted by Crippen LogP contribution is -2.42. The van der Waals surface area contributed by atoms with Gasteiger partial charge in [-0.3, -0.25) is 14.5 Å². The number of methoxy groups -OCH3 is 1. The number of piperidine rings is 1. The van der Waals surface area contributed by atoms with E-state index in [9.17, 15) is 14.7 Å². The van der Waals surface area contributed by atoms with E-state index in [4.69, 9.17) is 13.9 Å². The molecular weight excluding hydrogens is 448 g/mol. The molecule has 4 rings (SSSR count). The van der Waals surface area contributed by atoms with Crippen LogP contribution < -0.4 is 10.3 Å². The van der Waals surface area contributed by atoms with Crippen LogP contribution in [0.15, 0.2) is 57.9 Å². The molecule has 0 spiro atoms. The summed E-state index contributed by atoms with van der Waals surface area (Å²) < 4.78 is 17.7. The number of hydrogen-bond donors (Lipinski definition) is 1. The van der Waals surface area contributed by atoms with Crippen LogP contribution in [0.2, 0.25) is 0 Å². The zero-order valence-electron chi connectivity index (χ0n) is 20.4. The Hall–Kier alpha value is -3.52. The van der Waals surface area contributed by atoms with Crippen molar-refractivity contribution >= 4 is 5.97 Å². The number of aromatic nitrogens is 1. The molecule has 1 fully saturated rings. The number of carbonyl (C=O) groups is 1. The van der Waals surface area contributed by atoms with Crippen molar-refractivity contribution in [1.29, 1.82) is 0 Å². The number of rotatable bonds is 8. The minimum absolute atomic E-state index is 0.0523. The molecule has 1 aliphatic rings. The Morgan fingerprint density at radius 3 is 2.63 bits per heavy atom. The first-order valence-corrected chi connectivity index (χ1v) is 11.9. The number of aromatic hydroxyl groups is 1. The zero-order valence-corrected chi connectivity index (χ0v) is 20.4. The Kier molecular flexibility index (Phi) is 7.60. The molecule has 3 aromatic rings. The number of esters is 1. The second kappa shape index (κ2) is 10.8. The molecule has 0 saturated carbocycles. The average molecular weight is 481 g/mol. The SMILES string of the molecule is CCOC(=O)C1CCN([C@H](c2cccc(OC)c2)c2c(O)cc(C)n(Cc3ccco3)c2=O)CC1. The fourth-order valence-electron chi connectivity index (χ4n) is 4.81. The van der Waals surface area contributed by atoms with Crippen LogP contribution in [-0.4, -0.2) is 47.3 Å². The monoisotopic (exact) mass is 480 g/mol. The number of carbonyl (C=O) groups excluding carboxylic acids is 1. The largest absolute Gasteiger partial charge is 0.507 e. The van der Waals surface area contributed by atoms with Gasteiger partial charge < -0.3 is 23.6 Å². The number of pyridine rings is 1. The summed E-state index contributed by atoms with van der Waals surface area (Å²) in [5.41, 5.74) is 1.49. The minimum Gasteiger partial charge on any atom is -0.507 e. The van der Waals surface area contributed by atoms with Crippen LogP contribution in [-0.2, 0) is 16.1 Å². The van der Waals surface area contributed by atoms with Gasteiger partial charge in [0, 0.05) is 5.69 Å². The van der Waals surface area contributed by atoms with Gasteiger partial charge in [-0.15, -0.1) is 0 Å². The maximum Gasteiger partial charge on any atom is 0.309 e. The van der Waals surface area contributed by atoms with Crippen molar-refractivity contribution in [2.24, 2.45) is 5.92 Å². The third-order valence-electron chi connectivity index (χ3n) is 6.61. The molecule has 1 atom stereocenters. The summed E-state index contributed by atoms with van der Waals surface area (Å²) in [4.78, 5) is 28.3. The smallest absolute Gasteiger partial charge is 0.309 e. The summed E-state index contributed by atoms with van der Waals surface area (Å²) in [6, 6.07) is 12.2. The highest BCUT2D eigenvalue weighted by atomic mass is 16.5. The average Bonchev–Trinajstić information content (AvgIpc) is 3.38. The first-order valence-electron chi connectivity index (χ1n) is 11.9. The molecule has 1 N–H and O–H groups in total. The lowest BCUT2D eigenvalue weighted by molar-refractivity contribution is -0.149. The molecule has 3 heterocycles. The van der Waals surface area contributed by atoms with Crippen LogP contribution in [0, 0.1) is 12.8 Å². The Bertz CT molecular complexity index is 1210. The van der Waals surface area contributed by atoms with Gasteiger partial charge in [0.15, 0.2) is 0 Å². The molecule has 8 heteroatoms. The molecule has 0 aliphatic carbocycles. The molecule has 1 aromatic carbocycles. The highest BCUT2D eigenvalue weighted by Crippen LogP contribution is 2.36. The van der Waals surface area contributed by atoms with E-state index in [1.54, 1.807) is 43.9 Å². The van der Waals surface area contributed by atoms with Crippen LogP contribution in [0.1, 0.15) is 48.4 Å². The topological polar surface area (TPSA) is 94.1 Å². The maximum atomic E-state index is 13.8. The molecule has 0 bridgehead atoms. The van der Waals surface area contributed by atoms with E-state index in [0.29, 0.717) is 55.3 Å². The van der Waals surface area contributed by atoms with Crippen molar-refractivity contribution in [2.45, 2.75) is 39.3 Å². The number of nitrogens with zero attached hydrogens (tertiary/aromatic N) is 2. The number of furan rings is 1. The molecule has 35 heavy (non-hydrogen) atoms. The normalized spacial score (nSPS) is 15.6. The van der Waals surface area contributed by atoms with Crippen molar-refractivity contribution in [3.8, 4) is 11.5 Å². The van der Waals surface area contributed by atoms with Gasteiger partial charge in [-0.25, -0.2) is 0 Å². The minimum atomic E-state index is -0.510. The fourth-order valence-corrected chi connectivity index (χ4v) is 4.81. The number of likely N-dealkylation sites (tertiary alicyclic amines) is 1. The third-order valence-corrected chi connectivity index (χ3v) is 6.61. The van der Waals surface area contributed by atoms with E-state index < -0.39 is 6.04 Å². The highest BCUT2D eigenvalue weighted by molar-refractivity contribution is 5.72. The van der Waals surface area contributed by atoms with E-state index in [0.717, 1.165) is 5.56 Å². The first-order chi connectivity index (χ1) is 16.9. The summed E-state index contributed by atoms with van der Waals surface area (Å²) in [5.74, 6) is 0.920. The van der Waals surface area contributed by atoms with Crippen molar-refractivity contribution < 1.29 is 23.8 Å². The maximum absolute atomic E-state index is 13.8. The van der Waals surface area contributed by atoms with Gasteiger partial charge in [0.1, 0.15) is 17.3 Å². The molecule has 0 unspecified atom stereocenters. The van der Waals surface area contributed by atoms with Gasteiger partial charge in [0.05, 0.1) is 44.0 Å². The van der Waals surface area contributed by atoms with E-state index in [1.165, 1.54) is 0 Å². The predicted molar refractivity (Wildman–Crippen MR) is 131 cm³/mol. The molecule has 0 amide bonds. The van der Waals surface area contributed by atoms with Crippen LogP contribution >= 0.6 is 0 Å². The zero-order chi connectivity index (χ0) is 24.9. The van der Waals surface area contributed by atoms with Crippen LogP contribution in [0.4, 0.5) is 0 Å². The van der Waals surface area contributed by atoms with Gasteiger partial charge in [-0.1, -0.05) is 12.1 Å². The lowest BCUT2D eigenvalue weighted by atomic mass is 9.91. The summed E-state index contributed by atoms with van der Waals surface area (Å²) in [6.07, 6.45) is 2.81. The number of aryl methyl sites for hydroxylation is 1. The third kappa shape index (κ3) is 5.27. The second-order valence-electron chi connectivity index (χ2n) is 8.80. The van der Waals surface area contributed by atoms with Gasteiger partial charge in [-0.2, -0.15) is 0 Å². The van der Waals surface area contributed by atoms with E-state index in [2.05, 4.69) is 4.90 Å². The quantitative estimate of drug-likeness (QED) is 0.489. The van der Waals surface area contributed by atoms with Crippen molar-refractivity contribution in [1.82, 2.24) is 9.47 Å². The number of hydrogen-bond acceptors (Lipinski definition) is 7. The fraction of sp³-hybridized carbons (Fsp3) is 0.407. The lowest BCUT2D eigenvalue weighted by Gasteiger charge is -2.37. The Balaban J connectivity index is 1.76. The molecule has 2 aromatic heterocycles. The second-order valence-corrected chi connectivity index (χ2v) is 8.80. The Labute approximate surface area is 204 Å².